The Bertz CT molecular complexity index is 665. The van der Waals surface area contributed by atoms with Gasteiger partial charge in [-0.1, -0.05) is 12.1 Å². The molecule has 2 heterocycles. The first-order valence-corrected chi connectivity index (χ1v) is 7.18. The topological polar surface area (TPSA) is 66.1 Å². The van der Waals surface area contributed by atoms with Gasteiger partial charge in [0.1, 0.15) is 0 Å². The highest BCUT2D eigenvalue weighted by molar-refractivity contribution is 5.94. The van der Waals surface area contributed by atoms with Gasteiger partial charge in [-0.3, -0.25) is 4.79 Å². The second-order valence-electron chi connectivity index (χ2n) is 5.24. The molecular weight excluding hydrogens is 266 g/mol. The van der Waals surface area contributed by atoms with E-state index in [1.165, 1.54) is 12.6 Å². The standard InChI is InChI=1S/C16H17N3O2/c20-15(19-8-2-1-3-9-19)13-6-4-12(5-7-13)14-10-17-16(21)18-11-14/h4-7,10-11H,1-3,8-9H2,(H,17,18,21). The average molecular weight is 283 g/mol. The van der Waals surface area contributed by atoms with Gasteiger partial charge in [0.2, 0.25) is 0 Å². The molecule has 1 aliphatic heterocycles. The number of nitrogens with zero attached hydrogens (tertiary/aromatic N) is 2. The van der Waals surface area contributed by atoms with Crippen molar-refractivity contribution in [1.29, 1.82) is 0 Å². The molecule has 0 aliphatic carbocycles. The number of rotatable bonds is 2. The number of H-pyrrole nitrogens is 1. The van der Waals surface area contributed by atoms with Gasteiger partial charge >= 0.3 is 5.69 Å². The number of likely N-dealkylation sites (tertiary alicyclic amines) is 1. The molecule has 0 saturated carbocycles. The molecule has 1 saturated heterocycles. The quantitative estimate of drug-likeness (QED) is 0.917. The summed E-state index contributed by atoms with van der Waals surface area (Å²) in [6, 6.07) is 7.42. The van der Waals surface area contributed by atoms with Gasteiger partial charge in [-0.05, 0) is 37.0 Å². The molecule has 108 valence electrons. The summed E-state index contributed by atoms with van der Waals surface area (Å²) in [5.41, 5.74) is 2.09. The fourth-order valence-electron chi connectivity index (χ4n) is 2.58. The van der Waals surface area contributed by atoms with Crippen molar-refractivity contribution in [1.82, 2.24) is 14.9 Å². The lowest BCUT2D eigenvalue weighted by atomic mass is 10.0. The number of carbonyl (C=O) groups is 1. The monoisotopic (exact) mass is 283 g/mol. The highest BCUT2D eigenvalue weighted by Crippen LogP contribution is 2.19. The lowest BCUT2D eigenvalue weighted by Gasteiger charge is -2.26. The van der Waals surface area contributed by atoms with Crippen molar-refractivity contribution in [3.8, 4) is 11.1 Å². The molecule has 1 fully saturated rings. The molecule has 0 bridgehead atoms. The Morgan fingerprint density at radius 3 is 2.38 bits per heavy atom. The summed E-state index contributed by atoms with van der Waals surface area (Å²) in [5.74, 6) is 0.0980. The molecule has 3 rings (SSSR count). The van der Waals surface area contributed by atoms with Crippen LogP contribution < -0.4 is 5.69 Å². The van der Waals surface area contributed by atoms with E-state index >= 15 is 0 Å². The van der Waals surface area contributed by atoms with Gasteiger partial charge < -0.3 is 9.88 Å². The van der Waals surface area contributed by atoms with E-state index in [9.17, 15) is 9.59 Å². The van der Waals surface area contributed by atoms with Crippen LogP contribution in [0.1, 0.15) is 29.6 Å². The first-order chi connectivity index (χ1) is 10.2. The van der Waals surface area contributed by atoms with Crippen molar-refractivity contribution in [3.63, 3.8) is 0 Å². The normalized spacial score (nSPS) is 15.0. The van der Waals surface area contributed by atoms with E-state index < -0.39 is 0 Å². The minimum absolute atomic E-state index is 0.0980. The number of piperidine rings is 1. The van der Waals surface area contributed by atoms with Crippen LogP contribution in [-0.2, 0) is 0 Å². The van der Waals surface area contributed by atoms with Crippen molar-refractivity contribution in [2.45, 2.75) is 19.3 Å². The van der Waals surface area contributed by atoms with E-state index in [2.05, 4.69) is 9.97 Å². The van der Waals surface area contributed by atoms with Crippen LogP contribution in [-0.4, -0.2) is 33.9 Å². The second kappa shape index (κ2) is 5.91. The van der Waals surface area contributed by atoms with Crippen LogP contribution in [0.2, 0.25) is 0 Å². The predicted molar refractivity (Wildman–Crippen MR) is 80.0 cm³/mol. The first-order valence-electron chi connectivity index (χ1n) is 7.18. The van der Waals surface area contributed by atoms with Crippen molar-refractivity contribution in [3.05, 3.63) is 52.7 Å². The third-order valence-electron chi connectivity index (χ3n) is 3.78. The van der Waals surface area contributed by atoms with Crippen LogP contribution in [0.5, 0.6) is 0 Å². The maximum absolute atomic E-state index is 12.4. The lowest BCUT2D eigenvalue weighted by molar-refractivity contribution is 0.0724. The zero-order valence-electron chi connectivity index (χ0n) is 11.7. The average Bonchev–Trinajstić information content (AvgIpc) is 2.56. The summed E-state index contributed by atoms with van der Waals surface area (Å²) >= 11 is 0. The summed E-state index contributed by atoms with van der Waals surface area (Å²) in [6.45, 7) is 1.70. The fraction of sp³-hybridized carbons (Fsp3) is 0.312. The van der Waals surface area contributed by atoms with Gasteiger partial charge in [0.25, 0.3) is 5.91 Å². The minimum atomic E-state index is -0.365. The van der Waals surface area contributed by atoms with E-state index in [-0.39, 0.29) is 11.6 Å². The molecule has 0 unspecified atom stereocenters. The molecule has 5 heteroatoms. The summed E-state index contributed by atoms with van der Waals surface area (Å²) in [4.78, 5) is 31.5. The highest BCUT2D eigenvalue weighted by Gasteiger charge is 2.17. The van der Waals surface area contributed by atoms with Crippen LogP contribution in [0.4, 0.5) is 0 Å². The van der Waals surface area contributed by atoms with Gasteiger partial charge in [0.15, 0.2) is 0 Å². The number of hydrogen-bond donors (Lipinski definition) is 1. The Hall–Kier alpha value is -2.43. The van der Waals surface area contributed by atoms with Gasteiger partial charge in [-0.25, -0.2) is 9.78 Å². The van der Waals surface area contributed by atoms with Crippen molar-refractivity contribution >= 4 is 5.91 Å². The molecular formula is C16H17N3O2. The molecule has 0 atom stereocenters. The largest absolute Gasteiger partial charge is 0.344 e. The molecule has 1 aromatic carbocycles. The van der Waals surface area contributed by atoms with Crippen LogP contribution >= 0.6 is 0 Å². The number of nitrogens with one attached hydrogen (secondary N) is 1. The minimum Gasteiger partial charge on any atom is -0.339 e. The molecule has 1 amide bonds. The fourth-order valence-corrected chi connectivity index (χ4v) is 2.58. The highest BCUT2D eigenvalue weighted by atomic mass is 16.2. The third-order valence-corrected chi connectivity index (χ3v) is 3.78. The first kappa shape index (κ1) is 13.5. The number of aromatic nitrogens is 2. The molecule has 1 aliphatic rings. The van der Waals surface area contributed by atoms with Gasteiger partial charge in [-0.15, -0.1) is 0 Å². The summed E-state index contributed by atoms with van der Waals surface area (Å²) < 4.78 is 0. The van der Waals surface area contributed by atoms with E-state index in [0.717, 1.165) is 37.1 Å². The van der Waals surface area contributed by atoms with Gasteiger partial charge in [0.05, 0.1) is 0 Å². The van der Waals surface area contributed by atoms with E-state index in [1.807, 2.05) is 29.2 Å². The number of hydrogen-bond acceptors (Lipinski definition) is 3. The van der Waals surface area contributed by atoms with Gasteiger partial charge in [-0.2, -0.15) is 0 Å². The molecule has 0 spiro atoms. The molecule has 0 radical (unpaired) electrons. The number of aromatic amines is 1. The van der Waals surface area contributed by atoms with Gasteiger partial charge in [0, 0.05) is 36.6 Å². The van der Waals surface area contributed by atoms with E-state index in [0.29, 0.717) is 5.56 Å². The number of benzene rings is 1. The second-order valence-corrected chi connectivity index (χ2v) is 5.24. The Labute approximate surface area is 122 Å². The van der Waals surface area contributed by atoms with Crippen LogP contribution in [0.3, 0.4) is 0 Å². The van der Waals surface area contributed by atoms with E-state index in [4.69, 9.17) is 0 Å². The maximum Gasteiger partial charge on any atom is 0.344 e. The summed E-state index contributed by atoms with van der Waals surface area (Å²) in [5, 5.41) is 0. The van der Waals surface area contributed by atoms with Crippen LogP contribution in [0.15, 0.2) is 41.5 Å². The maximum atomic E-state index is 12.4. The Balaban J connectivity index is 1.78. The zero-order valence-corrected chi connectivity index (χ0v) is 11.7. The Morgan fingerprint density at radius 2 is 1.76 bits per heavy atom. The number of carbonyl (C=O) groups excluding carboxylic acids is 1. The summed E-state index contributed by atoms with van der Waals surface area (Å²) in [7, 11) is 0. The van der Waals surface area contributed by atoms with Crippen LogP contribution in [0, 0.1) is 0 Å². The lowest BCUT2D eigenvalue weighted by Crippen LogP contribution is -2.35. The Morgan fingerprint density at radius 1 is 1.05 bits per heavy atom. The van der Waals surface area contributed by atoms with Crippen LogP contribution in [0.25, 0.3) is 11.1 Å². The number of amides is 1. The molecule has 5 nitrogen and oxygen atoms in total. The van der Waals surface area contributed by atoms with E-state index in [1.54, 1.807) is 6.20 Å². The molecule has 1 aromatic heterocycles. The van der Waals surface area contributed by atoms with Crippen molar-refractivity contribution in [2.75, 3.05) is 13.1 Å². The van der Waals surface area contributed by atoms with Crippen molar-refractivity contribution in [2.24, 2.45) is 0 Å². The smallest absolute Gasteiger partial charge is 0.339 e. The predicted octanol–water partition coefficient (Wildman–Crippen LogP) is 2.06. The van der Waals surface area contributed by atoms with Crippen molar-refractivity contribution < 1.29 is 4.79 Å². The molecule has 2 aromatic rings. The SMILES string of the molecule is O=C(c1ccc(-c2cnc(=O)[nH]c2)cc1)N1CCCCC1. The molecule has 1 N–H and O–H groups in total. The summed E-state index contributed by atoms with van der Waals surface area (Å²) in [6.07, 6.45) is 6.54. The third kappa shape index (κ3) is 3.02. The zero-order chi connectivity index (χ0) is 14.7. The molecule has 21 heavy (non-hydrogen) atoms. The Kier molecular flexibility index (Phi) is 3.81.